The maximum Gasteiger partial charge on any atom is 0.257 e. The number of carbonyl (C=O) groups excluding carboxylic acids is 1. The van der Waals surface area contributed by atoms with Crippen LogP contribution in [0.3, 0.4) is 0 Å². The monoisotopic (exact) mass is 301 g/mol. The number of rotatable bonds is 2. The molecule has 1 fully saturated rings. The zero-order valence-electron chi connectivity index (χ0n) is 12.4. The number of aryl methyl sites for hydroxylation is 1. The highest BCUT2D eigenvalue weighted by atomic mass is 19.2. The van der Waals surface area contributed by atoms with Crippen molar-refractivity contribution in [2.75, 3.05) is 6.54 Å². The highest BCUT2D eigenvalue weighted by molar-refractivity contribution is 5.95. The van der Waals surface area contributed by atoms with Gasteiger partial charge in [-0.15, -0.1) is 0 Å². The fraction of sp³-hybridized carbons (Fsp3) is 0.278. The molecule has 0 aliphatic carbocycles. The Morgan fingerprint density at radius 2 is 1.86 bits per heavy atom. The molecule has 0 spiro atoms. The molecule has 2 nitrogen and oxygen atoms in total. The summed E-state index contributed by atoms with van der Waals surface area (Å²) in [5.74, 6) is -2.50. The average Bonchev–Trinajstić information content (AvgIpc) is 2.99. The van der Waals surface area contributed by atoms with Crippen molar-refractivity contribution in [3.05, 3.63) is 70.8 Å². The van der Waals surface area contributed by atoms with Gasteiger partial charge in [-0.05, 0) is 37.5 Å². The highest BCUT2D eigenvalue weighted by Crippen LogP contribution is 2.33. The SMILES string of the molecule is Cc1ccc(C2CCCN2C(=O)c2cccc(F)c2F)cc1. The van der Waals surface area contributed by atoms with Crippen LogP contribution in [-0.4, -0.2) is 17.4 Å². The molecule has 0 radical (unpaired) electrons. The molecule has 1 aliphatic rings. The van der Waals surface area contributed by atoms with Crippen molar-refractivity contribution in [2.24, 2.45) is 0 Å². The van der Waals surface area contributed by atoms with Gasteiger partial charge in [0.1, 0.15) is 0 Å². The van der Waals surface area contributed by atoms with Gasteiger partial charge in [-0.1, -0.05) is 35.9 Å². The van der Waals surface area contributed by atoms with E-state index in [1.54, 1.807) is 4.90 Å². The molecule has 2 aromatic carbocycles. The average molecular weight is 301 g/mol. The van der Waals surface area contributed by atoms with Crippen LogP contribution in [0, 0.1) is 18.6 Å². The van der Waals surface area contributed by atoms with E-state index < -0.39 is 17.5 Å². The highest BCUT2D eigenvalue weighted by Gasteiger charge is 2.32. The molecule has 1 aliphatic heterocycles. The van der Waals surface area contributed by atoms with Crippen LogP contribution in [0.5, 0.6) is 0 Å². The fourth-order valence-corrected chi connectivity index (χ4v) is 2.97. The van der Waals surface area contributed by atoms with Gasteiger partial charge in [0.05, 0.1) is 11.6 Å². The number of halogens is 2. The van der Waals surface area contributed by atoms with E-state index in [4.69, 9.17) is 0 Å². The summed E-state index contributed by atoms with van der Waals surface area (Å²) in [4.78, 5) is 14.2. The van der Waals surface area contributed by atoms with Gasteiger partial charge in [-0.3, -0.25) is 4.79 Å². The zero-order chi connectivity index (χ0) is 15.7. The van der Waals surface area contributed by atoms with Crippen molar-refractivity contribution in [1.29, 1.82) is 0 Å². The van der Waals surface area contributed by atoms with Crippen LogP contribution in [0.4, 0.5) is 8.78 Å². The summed E-state index contributed by atoms with van der Waals surface area (Å²) < 4.78 is 27.2. The molecule has 1 heterocycles. The van der Waals surface area contributed by atoms with E-state index in [1.807, 2.05) is 31.2 Å². The predicted molar refractivity (Wildman–Crippen MR) is 80.5 cm³/mol. The Hall–Kier alpha value is -2.23. The topological polar surface area (TPSA) is 20.3 Å². The number of hydrogen-bond donors (Lipinski definition) is 0. The number of likely N-dealkylation sites (tertiary alicyclic amines) is 1. The Labute approximate surface area is 128 Å². The van der Waals surface area contributed by atoms with Gasteiger partial charge in [0, 0.05) is 6.54 Å². The van der Waals surface area contributed by atoms with E-state index >= 15 is 0 Å². The van der Waals surface area contributed by atoms with Crippen LogP contribution in [0.1, 0.15) is 40.4 Å². The van der Waals surface area contributed by atoms with Gasteiger partial charge in [-0.25, -0.2) is 8.78 Å². The van der Waals surface area contributed by atoms with Gasteiger partial charge in [0.15, 0.2) is 11.6 Å². The molecular formula is C18H17F2NO. The first-order chi connectivity index (χ1) is 10.6. The lowest BCUT2D eigenvalue weighted by Gasteiger charge is -2.25. The Kier molecular flexibility index (Phi) is 3.92. The van der Waals surface area contributed by atoms with E-state index in [2.05, 4.69) is 0 Å². The Morgan fingerprint density at radius 3 is 2.59 bits per heavy atom. The third-order valence-electron chi connectivity index (χ3n) is 4.16. The summed E-state index contributed by atoms with van der Waals surface area (Å²) in [5, 5.41) is 0. The molecule has 114 valence electrons. The normalized spacial score (nSPS) is 17.8. The maximum absolute atomic E-state index is 13.9. The molecule has 1 atom stereocenters. The summed E-state index contributed by atoms with van der Waals surface area (Å²) in [7, 11) is 0. The standard InChI is InChI=1S/C18H17F2NO/c1-12-7-9-13(10-8-12)16-6-3-11-21(16)18(22)14-4-2-5-15(19)17(14)20/h2,4-5,7-10,16H,3,6,11H2,1H3. The first-order valence-electron chi connectivity index (χ1n) is 7.39. The Bertz CT molecular complexity index is 697. The minimum atomic E-state index is -1.07. The van der Waals surface area contributed by atoms with E-state index in [0.717, 1.165) is 30.0 Å². The van der Waals surface area contributed by atoms with Crippen LogP contribution in [0.15, 0.2) is 42.5 Å². The van der Waals surface area contributed by atoms with Crippen molar-refractivity contribution in [3.63, 3.8) is 0 Å². The van der Waals surface area contributed by atoms with Gasteiger partial charge in [-0.2, -0.15) is 0 Å². The van der Waals surface area contributed by atoms with Crippen LogP contribution in [0.2, 0.25) is 0 Å². The lowest BCUT2D eigenvalue weighted by molar-refractivity contribution is 0.0729. The second-order valence-electron chi connectivity index (χ2n) is 5.67. The number of hydrogen-bond acceptors (Lipinski definition) is 1. The number of carbonyl (C=O) groups is 1. The molecule has 0 bridgehead atoms. The molecular weight excluding hydrogens is 284 g/mol. The number of benzene rings is 2. The van der Waals surface area contributed by atoms with E-state index in [-0.39, 0.29) is 11.6 Å². The van der Waals surface area contributed by atoms with Gasteiger partial charge in [0.2, 0.25) is 0 Å². The van der Waals surface area contributed by atoms with E-state index in [1.165, 1.54) is 12.1 Å². The van der Waals surface area contributed by atoms with E-state index in [0.29, 0.717) is 6.54 Å². The molecule has 1 saturated heterocycles. The molecule has 1 amide bonds. The van der Waals surface area contributed by atoms with Crippen molar-refractivity contribution >= 4 is 5.91 Å². The fourth-order valence-electron chi connectivity index (χ4n) is 2.97. The number of amides is 1. The van der Waals surface area contributed by atoms with Crippen molar-refractivity contribution in [3.8, 4) is 0 Å². The lowest BCUT2D eigenvalue weighted by atomic mass is 10.0. The molecule has 4 heteroatoms. The second kappa shape index (κ2) is 5.87. The largest absolute Gasteiger partial charge is 0.332 e. The first kappa shape index (κ1) is 14.7. The van der Waals surface area contributed by atoms with Crippen LogP contribution >= 0.6 is 0 Å². The minimum absolute atomic E-state index is 0.0734. The predicted octanol–water partition coefficient (Wildman–Crippen LogP) is 4.25. The molecule has 0 aromatic heterocycles. The van der Waals surface area contributed by atoms with Gasteiger partial charge >= 0.3 is 0 Å². The zero-order valence-corrected chi connectivity index (χ0v) is 12.4. The molecule has 2 aromatic rings. The summed E-state index contributed by atoms with van der Waals surface area (Å²) in [6.07, 6.45) is 1.70. The van der Waals surface area contributed by atoms with Gasteiger partial charge < -0.3 is 4.90 Å². The molecule has 22 heavy (non-hydrogen) atoms. The summed E-state index contributed by atoms with van der Waals surface area (Å²) in [6, 6.07) is 11.6. The maximum atomic E-state index is 13.9. The third kappa shape index (κ3) is 2.61. The lowest BCUT2D eigenvalue weighted by Crippen LogP contribution is -2.31. The van der Waals surface area contributed by atoms with Crippen LogP contribution < -0.4 is 0 Å². The molecule has 0 N–H and O–H groups in total. The minimum Gasteiger partial charge on any atom is -0.332 e. The van der Waals surface area contributed by atoms with Crippen molar-refractivity contribution in [1.82, 2.24) is 4.90 Å². The second-order valence-corrected chi connectivity index (χ2v) is 5.67. The smallest absolute Gasteiger partial charge is 0.257 e. The Balaban J connectivity index is 1.91. The van der Waals surface area contributed by atoms with Crippen LogP contribution in [0.25, 0.3) is 0 Å². The van der Waals surface area contributed by atoms with Crippen molar-refractivity contribution < 1.29 is 13.6 Å². The molecule has 3 rings (SSSR count). The Morgan fingerprint density at radius 1 is 1.14 bits per heavy atom. The first-order valence-corrected chi connectivity index (χ1v) is 7.39. The summed E-state index contributed by atoms with van der Waals surface area (Å²) in [5.41, 5.74) is 1.99. The van der Waals surface area contributed by atoms with Gasteiger partial charge in [0.25, 0.3) is 5.91 Å². The molecule has 1 unspecified atom stereocenters. The summed E-state index contributed by atoms with van der Waals surface area (Å²) in [6.45, 7) is 2.57. The van der Waals surface area contributed by atoms with E-state index in [9.17, 15) is 13.6 Å². The number of nitrogens with zero attached hydrogens (tertiary/aromatic N) is 1. The van der Waals surface area contributed by atoms with Crippen molar-refractivity contribution in [2.45, 2.75) is 25.8 Å². The third-order valence-corrected chi connectivity index (χ3v) is 4.16. The summed E-state index contributed by atoms with van der Waals surface area (Å²) >= 11 is 0. The quantitative estimate of drug-likeness (QED) is 0.812. The van der Waals surface area contributed by atoms with Crippen LogP contribution in [-0.2, 0) is 0 Å². The molecule has 0 saturated carbocycles.